The molecule has 1 saturated heterocycles. The number of carbonyl (C=O) groups is 2. The molecule has 1 unspecified atom stereocenters. The number of H-pyrrole nitrogens is 1. The van der Waals surface area contributed by atoms with Crippen LogP contribution >= 0.6 is 0 Å². The van der Waals surface area contributed by atoms with E-state index in [1.54, 1.807) is 17.9 Å². The van der Waals surface area contributed by atoms with Gasteiger partial charge in [0.2, 0.25) is 5.56 Å². The van der Waals surface area contributed by atoms with E-state index in [1.807, 2.05) is 31.2 Å². The average Bonchev–Trinajstić information content (AvgIpc) is 3.00. The van der Waals surface area contributed by atoms with Crippen LogP contribution < -0.4 is 21.1 Å². The van der Waals surface area contributed by atoms with Crippen molar-refractivity contribution in [1.82, 2.24) is 15.6 Å². The van der Waals surface area contributed by atoms with Gasteiger partial charge in [-0.25, -0.2) is 4.79 Å². The minimum atomic E-state index is -0.337. The first kappa shape index (κ1) is 16.8. The number of aromatic nitrogens is 1. The molecule has 2 aromatic rings. The van der Waals surface area contributed by atoms with Gasteiger partial charge in [0, 0.05) is 24.8 Å². The van der Waals surface area contributed by atoms with E-state index >= 15 is 0 Å². The van der Waals surface area contributed by atoms with Crippen LogP contribution in [-0.4, -0.2) is 30.0 Å². The van der Waals surface area contributed by atoms with Gasteiger partial charge in [0.1, 0.15) is 5.69 Å². The zero-order valence-electron chi connectivity index (χ0n) is 14.1. The number of amides is 3. The minimum absolute atomic E-state index is 0.0995. The van der Waals surface area contributed by atoms with E-state index in [2.05, 4.69) is 15.6 Å². The van der Waals surface area contributed by atoms with E-state index in [4.69, 9.17) is 0 Å². The lowest BCUT2D eigenvalue weighted by Gasteiger charge is -2.17. The molecule has 7 heteroatoms. The molecule has 0 radical (unpaired) electrons. The van der Waals surface area contributed by atoms with Gasteiger partial charge >= 0.3 is 6.03 Å². The molecular weight excluding hydrogens is 320 g/mol. The van der Waals surface area contributed by atoms with Gasteiger partial charge in [-0.1, -0.05) is 12.1 Å². The van der Waals surface area contributed by atoms with Crippen LogP contribution in [0.3, 0.4) is 0 Å². The maximum atomic E-state index is 12.3. The second-order valence-electron chi connectivity index (χ2n) is 6.11. The van der Waals surface area contributed by atoms with Crippen LogP contribution in [0.1, 0.15) is 34.6 Å². The van der Waals surface area contributed by atoms with Crippen molar-refractivity contribution in [2.24, 2.45) is 0 Å². The van der Waals surface area contributed by atoms with Crippen molar-refractivity contribution in [1.29, 1.82) is 0 Å². The lowest BCUT2D eigenvalue weighted by molar-refractivity contribution is 0.0934. The predicted molar refractivity (Wildman–Crippen MR) is 94.9 cm³/mol. The molecule has 130 valence electrons. The molecule has 1 aliphatic rings. The Bertz CT molecular complexity index is 857. The van der Waals surface area contributed by atoms with Crippen LogP contribution in [0.25, 0.3) is 0 Å². The summed E-state index contributed by atoms with van der Waals surface area (Å²) < 4.78 is 0. The quantitative estimate of drug-likeness (QED) is 0.791. The summed E-state index contributed by atoms with van der Waals surface area (Å²) in [5, 5.41) is 5.62. The predicted octanol–water partition coefficient (Wildman–Crippen LogP) is 1.70. The molecule has 0 bridgehead atoms. The third-order valence-electron chi connectivity index (χ3n) is 4.14. The summed E-state index contributed by atoms with van der Waals surface area (Å²) in [7, 11) is 0. The van der Waals surface area contributed by atoms with E-state index in [0.29, 0.717) is 13.1 Å². The lowest BCUT2D eigenvalue weighted by atomic mass is 10.1. The Morgan fingerprint density at radius 1 is 1.20 bits per heavy atom. The molecular formula is C18H20N4O3. The normalized spacial score (nSPS) is 15.0. The molecule has 25 heavy (non-hydrogen) atoms. The standard InChI is InChI=1S/C18H20N4O3/c1-11-9-15(21-16(23)10-11)17(24)20-12(2)13-3-5-14(6-4-13)22-8-7-19-18(22)25/h3-6,9-10,12H,7-8H2,1-2H3,(H,19,25)(H,20,24)(H,21,23). The molecule has 1 fully saturated rings. The fraction of sp³-hybridized carbons (Fsp3) is 0.278. The summed E-state index contributed by atoms with van der Waals surface area (Å²) in [6.07, 6.45) is 0. The van der Waals surface area contributed by atoms with Crippen LogP contribution in [-0.2, 0) is 0 Å². The van der Waals surface area contributed by atoms with Crippen LogP contribution in [0.15, 0.2) is 41.2 Å². The minimum Gasteiger partial charge on any atom is -0.344 e. The number of rotatable bonds is 4. The fourth-order valence-electron chi connectivity index (χ4n) is 2.82. The Morgan fingerprint density at radius 2 is 1.92 bits per heavy atom. The number of hydrogen-bond donors (Lipinski definition) is 3. The van der Waals surface area contributed by atoms with Crippen molar-refractivity contribution in [2.75, 3.05) is 18.0 Å². The van der Waals surface area contributed by atoms with Crippen molar-refractivity contribution >= 4 is 17.6 Å². The summed E-state index contributed by atoms with van der Waals surface area (Å²) in [6, 6.07) is 10.2. The van der Waals surface area contributed by atoms with Crippen LogP contribution in [0.4, 0.5) is 10.5 Å². The number of benzene rings is 1. The lowest BCUT2D eigenvalue weighted by Crippen LogP contribution is -2.29. The second-order valence-corrected chi connectivity index (χ2v) is 6.11. The molecule has 3 rings (SSSR count). The summed E-state index contributed by atoms with van der Waals surface area (Å²) in [5.74, 6) is -0.337. The number of anilines is 1. The molecule has 1 aromatic carbocycles. The third kappa shape index (κ3) is 3.71. The fourth-order valence-corrected chi connectivity index (χ4v) is 2.82. The number of urea groups is 1. The van der Waals surface area contributed by atoms with Crippen LogP contribution in [0.5, 0.6) is 0 Å². The molecule has 3 amide bonds. The van der Waals surface area contributed by atoms with E-state index in [1.165, 1.54) is 6.07 Å². The highest BCUT2D eigenvalue weighted by Gasteiger charge is 2.21. The van der Waals surface area contributed by atoms with Gasteiger partial charge < -0.3 is 15.6 Å². The zero-order valence-corrected chi connectivity index (χ0v) is 14.1. The smallest absolute Gasteiger partial charge is 0.321 e. The molecule has 3 N–H and O–H groups in total. The SMILES string of the molecule is Cc1cc(C(=O)NC(C)c2ccc(N3CCNC3=O)cc2)[nH]c(=O)c1. The number of aromatic amines is 1. The topological polar surface area (TPSA) is 94.3 Å². The van der Waals surface area contributed by atoms with Crippen molar-refractivity contribution in [3.05, 3.63) is 63.6 Å². The number of nitrogens with one attached hydrogen (secondary N) is 3. The molecule has 1 aliphatic heterocycles. The summed E-state index contributed by atoms with van der Waals surface area (Å²) >= 11 is 0. The van der Waals surface area contributed by atoms with E-state index in [-0.39, 0.29) is 29.2 Å². The average molecular weight is 340 g/mol. The van der Waals surface area contributed by atoms with Gasteiger partial charge in [-0.2, -0.15) is 0 Å². The van der Waals surface area contributed by atoms with Crippen molar-refractivity contribution in [2.45, 2.75) is 19.9 Å². The number of hydrogen-bond acceptors (Lipinski definition) is 3. The van der Waals surface area contributed by atoms with E-state index in [0.717, 1.165) is 16.8 Å². The molecule has 0 saturated carbocycles. The first-order chi connectivity index (χ1) is 11.9. The summed E-state index contributed by atoms with van der Waals surface area (Å²) in [6.45, 7) is 4.92. The first-order valence-electron chi connectivity index (χ1n) is 8.11. The van der Waals surface area contributed by atoms with Gasteiger partial charge in [-0.15, -0.1) is 0 Å². The van der Waals surface area contributed by atoms with E-state index in [9.17, 15) is 14.4 Å². The Morgan fingerprint density at radius 3 is 2.52 bits per heavy atom. The Kier molecular flexibility index (Phi) is 4.56. The number of nitrogens with zero attached hydrogens (tertiary/aromatic N) is 1. The third-order valence-corrected chi connectivity index (χ3v) is 4.14. The molecule has 7 nitrogen and oxygen atoms in total. The highest BCUT2D eigenvalue weighted by molar-refractivity contribution is 5.94. The number of pyridine rings is 1. The largest absolute Gasteiger partial charge is 0.344 e. The van der Waals surface area contributed by atoms with E-state index < -0.39 is 0 Å². The van der Waals surface area contributed by atoms with Gasteiger partial charge in [0.05, 0.1) is 6.04 Å². The van der Waals surface area contributed by atoms with Crippen molar-refractivity contribution in [3.63, 3.8) is 0 Å². The van der Waals surface area contributed by atoms with Crippen LogP contribution in [0.2, 0.25) is 0 Å². The Hall–Kier alpha value is -3.09. The van der Waals surface area contributed by atoms with Gasteiger partial charge in [-0.3, -0.25) is 14.5 Å². The maximum absolute atomic E-state index is 12.3. The van der Waals surface area contributed by atoms with Crippen LogP contribution in [0, 0.1) is 6.92 Å². The van der Waals surface area contributed by atoms with Crippen molar-refractivity contribution in [3.8, 4) is 0 Å². The first-order valence-corrected chi connectivity index (χ1v) is 8.11. The molecule has 1 aromatic heterocycles. The Balaban J connectivity index is 1.70. The second kappa shape index (κ2) is 6.80. The molecule has 0 aliphatic carbocycles. The number of carbonyl (C=O) groups excluding carboxylic acids is 2. The number of aryl methyl sites for hydroxylation is 1. The maximum Gasteiger partial charge on any atom is 0.321 e. The summed E-state index contributed by atoms with van der Waals surface area (Å²) in [5.41, 5.74) is 2.40. The highest BCUT2D eigenvalue weighted by Crippen LogP contribution is 2.20. The Labute approximate surface area is 145 Å². The molecule has 1 atom stereocenters. The van der Waals surface area contributed by atoms with Crippen molar-refractivity contribution < 1.29 is 9.59 Å². The van der Waals surface area contributed by atoms with Gasteiger partial charge in [0.15, 0.2) is 0 Å². The highest BCUT2D eigenvalue weighted by atomic mass is 16.2. The van der Waals surface area contributed by atoms with Gasteiger partial charge in [-0.05, 0) is 43.2 Å². The zero-order chi connectivity index (χ0) is 18.0. The monoisotopic (exact) mass is 340 g/mol. The molecule has 0 spiro atoms. The summed E-state index contributed by atoms with van der Waals surface area (Å²) in [4.78, 5) is 39.7. The van der Waals surface area contributed by atoms with Gasteiger partial charge in [0.25, 0.3) is 5.91 Å². The molecule has 2 heterocycles.